The highest BCUT2D eigenvalue weighted by molar-refractivity contribution is 5.95. The van der Waals surface area contributed by atoms with Gasteiger partial charge in [-0.3, -0.25) is 9.59 Å². The van der Waals surface area contributed by atoms with Crippen molar-refractivity contribution < 1.29 is 9.59 Å². The molecule has 2 amide bonds. The third-order valence-electron chi connectivity index (χ3n) is 5.57. The minimum Gasteiger partial charge on any atom is -0.378 e. The lowest BCUT2D eigenvalue weighted by atomic mass is 9.81. The van der Waals surface area contributed by atoms with E-state index in [1.807, 2.05) is 80.6 Å². The number of rotatable bonds is 5. The lowest BCUT2D eigenvalue weighted by Gasteiger charge is -2.30. The van der Waals surface area contributed by atoms with Crippen molar-refractivity contribution in [2.45, 2.75) is 25.7 Å². The minimum absolute atomic E-state index is 0.00590. The first-order valence-corrected chi connectivity index (χ1v) is 9.86. The third-order valence-corrected chi connectivity index (χ3v) is 5.57. The zero-order valence-electron chi connectivity index (χ0n) is 16.9. The highest BCUT2D eigenvalue weighted by Crippen LogP contribution is 2.32. The van der Waals surface area contributed by atoms with E-state index < -0.39 is 0 Å². The van der Waals surface area contributed by atoms with E-state index in [1.165, 1.54) is 0 Å². The number of anilines is 3. The van der Waals surface area contributed by atoms with Gasteiger partial charge in [0, 0.05) is 50.0 Å². The second kappa shape index (κ2) is 8.91. The van der Waals surface area contributed by atoms with E-state index in [4.69, 9.17) is 0 Å². The highest BCUT2D eigenvalue weighted by Gasteiger charge is 2.31. The van der Waals surface area contributed by atoms with Crippen molar-refractivity contribution in [3.8, 4) is 0 Å². The van der Waals surface area contributed by atoms with Gasteiger partial charge in [0.05, 0.1) is 0 Å². The summed E-state index contributed by atoms with van der Waals surface area (Å²) in [5.41, 5.74) is 2.82. The maximum Gasteiger partial charge on any atom is 0.229 e. The molecular weight excluding hydrogens is 350 g/mol. The van der Waals surface area contributed by atoms with E-state index >= 15 is 0 Å². The Morgan fingerprint density at radius 3 is 1.93 bits per heavy atom. The minimum atomic E-state index is -0.0281. The molecular formula is C23H29N3O2. The first-order valence-electron chi connectivity index (χ1n) is 9.86. The Morgan fingerprint density at radius 2 is 1.36 bits per heavy atom. The van der Waals surface area contributed by atoms with Crippen LogP contribution in [-0.2, 0) is 9.59 Å². The van der Waals surface area contributed by atoms with Crippen LogP contribution in [0, 0.1) is 11.8 Å². The fourth-order valence-corrected chi connectivity index (χ4v) is 3.74. The molecule has 5 nitrogen and oxygen atoms in total. The number of amides is 2. The van der Waals surface area contributed by atoms with Crippen LogP contribution in [0.5, 0.6) is 0 Å². The molecule has 3 rings (SSSR count). The van der Waals surface area contributed by atoms with Crippen LogP contribution in [0.3, 0.4) is 0 Å². The molecule has 28 heavy (non-hydrogen) atoms. The van der Waals surface area contributed by atoms with Gasteiger partial charge in [0.15, 0.2) is 0 Å². The van der Waals surface area contributed by atoms with E-state index in [0.717, 1.165) is 42.7 Å². The van der Waals surface area contributed by atoms with Gasteiger partial charge >= 0.3 is 0 Å². The van der Waals surface area contributed by atoms with Gasteiger partial charge in [-0.2, -0.15) is 0 Å². The summed E-state index contributed by atoms with van der Waals surface area (Å²) in [6.07, 6.45) is 3.02. The second-order valence-electron chi connectivity index (χ2n) is 7.71. The average Bonchev–Trinajstić information content (AvgIpc) is 2.73. The summed E-state index contributed by atoms with van der Waals surface area (Å²) in [7, 11) is 5.80. The molecule has 0 heterocycles. The Labute approximate surface area is 167 Å². The van der Waals surface area contributed by atoms with Crippen molar-refractivity contribution in [1.29, 1.82) is 0 Å². The Hall–Kier alpha value is -2.82. The lowest BCUT2D eigenvalue weighted by Crippen LogP contribution is -2.36. The molecule has 5 heteroatoms. The zero-order valence-corrected chi connectivity index (χ0v) is 16.9. The Balaban J connectivity index is 1.51. The molecule has 0 unspecified atom stereocenters. The molecule has 1 aliphatic carbocycles. The van der Waals surface area contributed by atoms with Crippen molar-refractivity contribution in [3.63, 3.8) is 0 Å². The van der Waals surface area contributed by atoms with Gasteiger partial charge in [0.1, 0.15) is 0 Å². The summed E-state index contributed by atoms with van der Waals surface area (Å²) in [6, 6.07) is 17.5. The standard InChI is InChI=1S/C23H29N3O2/c1-25(2)20-15-13-19(14-16-20)24-22(27)17-9-11-18(12-10-17)23(28)26(3)21-7-5-4-6-8-21/h4-8,13-18H,9-12H2,1-3H3,(H,24,27). The second-order valence-corrected chi connectivity index (χ2v) is 7.71. The quantitative estimate of drug-likeness (QED) is 0.849. The molecule has 0 bridgehead atoms. The van der Waals surface area contributed by atoms with Crippen LogP contribution < -0.4 is 15.1 Å². The molecule has 1 aliphatic rings. The summed E-state index contributed by atoms with van der Waals surface area (Å²) < 4.78 is 0. The molecule has 0 aromatic heterocycles. The van der Waals surface area contributed by atoms with Crippen molar-refractivity contribution in [2.75, 3.05) is 36.3 Å². The molecule has 2 aromatic rings. The number of para-hydroxylation sites is 1. The highest BCUT2D eigenvalue weighted by atomic mass is 16.2. The Morgan fingerprint density at radius 1 is 0.786 bits per heavy atom. The van der Waals surface area contributed by atoms with Gasteiger partial charge in [-0.05, 0) is 62.1 Å². The molecule has 0 aliphatic heterocycles. The third kappa shape index (κ3) is 4.71. The first kappa shape index (κ1) is 19.9. The van der Waals surface area contributed by atoms with Crippen LogP contribution in [0.4, 0.5) is 17.1 Å². The van der Waals surface area contributed by atoms with Gasteiger partial charge in [0.25, 0.3) is 0 Å². The predicted octanol–water partition coefficient (Wildman–Crippen LogP) is 4.16. The average molecular weight is 380 g/mol. The van der Waals surface area contributed by atoms with E-state index in [0.29, 0.717) is 0 Å². The van der Waals surface area contributed by atoms with Crippen molar-refractivity contribution in [3.05, 3.63) is 54.6 Å². The summed E-state index contributed by atoms with van der Waals surface area (Å²) >= 11 is 0. The monoisotopic (exact) mass is 379 g/mol. The molecule has 0 atom stereocenters. The van der Waals surface area contributed by atoms with Crippen LogP contribution in [0.1, 0.15) is 25.7 Å². The summed E-state index contributed by atoms with van der Waals surface area (Å²) in [6.45, 7) is 0. The van der Waals surface area contributed by atoms with E-state index in [1.54, 1.807) is 4.90 Å². The summed E-state index contributed by atoms with van der Waals surface area (Å²) in [5.74, 6) is 0.164. The van der Waals surface area contributed by atoms with Gasteiger partial charge in [0.2, 0.25) is 11.8 Å². The van der Waals surface area contributed by atoms with E-state index in [9.17, 15) is 9.59 Å². The van der Waals surface area contributed by atoms with Gasteiger partial charge < -0.3 is 15.1 Å². The van der Waals surface area contributed by atoms with E-state index in [2.05, 4.69) is 5.32 Å². The molecule has 0 radical (unpaired) electrons. The Bertz CT molecular complexity index is 794. The van der Waals surface area contributed by atoms with Crippen LogP contribution in [0.25, 0.3) is 0 Å². The van der Waals surface area contributed by atoms with Gasteiger partial charge in [-0.15, -0.1) is 0 Å². The normalized spacial score (nSPS) is 19.0. The fourth-order valence-electron chi connectivity index (χ4n) is 3.74. The van der Waals surface area contributed by atoms with Crippen LogP contribution in [0.2, 0.25) is 0 Å². The number of carbonyl (C=O) groups excluding carboxylic acids is 2. The van der Waals surface area contributed by atoms with Crippen molar-refractivity contribution in [2.24, 2.45) is 11.8 Å². The summed E-state index contributed by atoms with van der Waals surface area (Å²) in [4.78, 5) is 29.1. The van der Waals surface area contributed by atoms with E-state index in [-0.39, 0.29) is 23.7 Å². The Kier molecular flexibility index (Phi) is 6.34. The summed E-state index contributed by atoms with van der Waals surface area (Å²) in [5, 5.41) is 3.02. The topological polar surface area (TPSA) is 52.7 Å². The smallest absolute Gasteiger partial charge is 0.229 e. The van der Waals surface area contributed by atoms with Crippen LogP contribution in [-0.4, -0.2) is 33.0 Å². The van der Waals surface area contributed by atoms with Gasteiger partial charge in [-0.25, -0.2) is 0 Å². The fraction of sp³-hybridized carbons (Fsp3) is 0.391. The first-order chi connectivity index (χ1) is 13.5. The molecule has 0 saturated heterocycles. The zero-order chi connectivity index (χ0) is 20.1. The molecule has 1 saturated carbocycles. The molecule has 0 spiro atoms. The number of hydrogen-bond donors (Lipinski definition) is 1. The SMILES string of the molecule is CN(C)c1ccc(NC(=O)C2CCC(C(=O)N(C)c3ccccc3)CC2)cc1. The molecule has 1 N–H and O–H groups in total. The number of carbonyl (C=O) groups is 2. The number of hydrogen-bond acceptors (Lipinski definition) is 3. The van der Waals surface area contributed by atoms with Crippen molar-refractivity contribution >= 4 is 28.9 Å². The number of nitrogens with one attached hydrogen (secondary N) is 1. The van der Waals surface area contributed by atoms with Gasteiger partial charge in [-0.1, -0.05) is 18.2 Å². The van der Waals surface area contributed by atoms with Crippen LogP contribution in [0.15, 0.2) is 54.6 Å². The predicted molar refractivity (Wildman–Crippen MR) is 115 cm³/mol. The lowest BCUT2D eigenvalue weighted by molar-refractivity contribution is -0.126. The van der Waals surface area contributed by atoms with Crippen molar-refractivity contribution in [1.82, 2.24) is 0 Å². The maximum atomic E-state index is 12.8. The molecule has 1 fully saturated rings. The number of benzene rings is 2. The molecule has 148 valence electrons. The van der Waals surface area contributed by atoms with Crippen LogP contribution >= 0.6 is 0 Å². The maximum absolute atomic E-state index is 12.8. The largest absolute Gasteiger partial charge is 0.378 e. The molecule has 2 aromatic carbocycles. The number of nitrogens with zero attached hydrogens (tertiary/aromatic N) is 2.